The second-order valence-corrected chi connectivity index (χ2v) is 6.72. The number of carbonyl (C=O) groups is 1. The van der Waals surface area contributed by atoms with Gasteiger partial charge >= 0.3 is 6.18 Å². The van der Waals surface area contributed by atoms with Crippen LogP contribution in [0, 0.1) is 11.6 Å². The molecule has 11 heteroatoms. The smallest absolute Gasteiger partial charge is 0.422 e. The number of hydrogen-bond acceptors (Lipinski definition) is 4. The van der Waals surface area contributed by atoms with Crippen molar-refractivity contribution in [2.75, 3.05) is 11.9 Å². The summed E-state index contributed by atoms with van der Waals surface area (Å²) in [5.74, 6) is -3.69. The summed E-state index contributed by atoms with van der Waals surface area (Å²) < 4.78 is 71.2. The van der Waals surface area contributed by atoms with Crippen LogP contribution in [0.1, 0.15) is 22.8 Å². The Balaban J connectivity index is 2.51. The van der Waals surface area contributed by atoms with Crippen molar-refractivity contribution >= 4 is 28.9 Å². The fourth-order valence-electron chi connectivity index (χ4n) is 2.34. The van der Waals surface area contributed by atoms with Crippen LogP contribution in [-0.4, -0.2) is 18.7 Å². The van der Waals surface area contributed by atoms with E-state index in [1.807, 2.05) is 0 Å². The molecule has 0 atom stereocenters. The van der Waals surface area contributed by atoms with E-state index < -0.39 is 47.3 Å². The molecule has 0 fully saturated rings. The monoisotopic (exact) mass is 461 g/mol. The molecule has 0 spiro atoms. The fourth-order valence-corrected chi connectivity index (χ4v) is 2.55. The van der Waals surface area contributed by atoms with Gasteiger partial charge in [0.05, 0.1) is 16.3 Å². The Morgan fingerprint density at radius 2 is 1.81 bits per heavy atom. The van der Waals surface area contributed by atoms with E-state index in [1.54, 1.807) is 6.92 Å². The third kappa shape index (κ3) is 6.61. The third-order valence-corrected chi connectivity index (χ3v) is 4.06. The van der Waals surface area contributed by atoms with Crippen molar-refractivity contribution in [3.8, 4) is 5.75 Å². The molecule has 31 heavy (non-hydrogen) atoms. The topological polar surface area (TPSA) is 90.4 Å². The van der Waals surface area contributed by atoms with Crippen LogP contribution in [0.4, 0.5) is 27.6 Å². The maximum absolute atomic E-state index is 14.6. The van der Waals surface area contributed by atoms with Gasteiger partial charge in [0.2, 0.25) is 0 Å². The predicted molar refractivity (Wildman–Crippen MR) is 107 cm³/mol. The van der Waals surface area contributed by atoms with Gasteiger partial charge in [0, 0.05) is 17.0 Å². The Morgan fingerprint density at radius 1 is 1.13 bits per heavy atom. The minimum atomic E-state index is -4.74. The van der Waals surface area contributed by atoms with Gasteiger partial charge in [0.1, 0.15) is 17.4 Å². The van der Waals surface area contributed by atoms with Gasteiger partial charge in [0.25, 0.3) is 5.91 Å². The van der Waals surface area contributed by atoms with Crippen molar-refractivity contribution in [1.29, 1.82) is 0 Å². The molecular weight excluding hydrogens is 445 g/mol. The van der Waals surface area contributed by atoms with E-state index in [1.165, 1.54) is 24.3 Å². The maximum Gasteiger partial charge on any atom is 0.422 e. The minimum absolute atomic E-state index is 0.167. The van der Waals surface area contributed by atoms with Crippen LogP contribution in [0.25, 0.3) is 5.70 Å². The van der Waals surface area contributed by atoms with Crippen LogP contribution in [-0.2, 0) is 0 Å². The molecule has 0 bridgehead atoms. The van der Waals surface area contributed by atoms with Gasteiger partial charge in [-0.1, -0.05) is 17.7 Å². The summed E-state index contributed by atoms with van der Waals surface area (Å²) in [7, 11) is 0. The number of nitrogens with two attached hydrogens (primary N) is 2. The molecule has 5 N–H and O–H groups in total. The average molecular weight is 462 g/mol. The molecule has 1 amide bonds. The van der Waals surface area contributed by atoms with E-state index in [-0.39, 0.29) is 16.3 Å². The molecule has 0 aliphatic rings. The van der Waals surface area contributed by atoms with E-state index in [0.717, 1.165) is 12.1 Å². The lowest BCUT2D eigenvalue weighted by atomic mass is 10.1. The molecule has 5 nitrogen and oxygen atoms in total. The fraction of sp³-hybridized carbons (Fsp3) is 0.150. The van der Waals surface area contributed by atoms with Crippen LogP contribution in [0.2, 0.25) is 5.02 Å². The number of ether oxygens (including phenoxy) is 1. The van der Waals surface area contributed by atoms with Crippen molar-refractivity contribution in [2.24, 2.45) is 11.5 Å². The van der Waals surface area contributed by atoms with Gasteiger partial charge in [-0.25, -0.2) is 8.78 Å². The number of carbonyl (C=O) groups excluding carboxylic acids is 1. The first-order chi connectivity index (χ1) is 14.4. The van der Waals surface area contributed by atoms with Crippen molar-refractivity contribution in [1.82, 2.24) is 0 Å². The SMILES string of the molecule is C/C(N)=C/C=C(\N)c1cc(OCC(F)(F)F)c(C(=O)Nc2c(F)cccc2Cl)cc1F. The highest BCUT2D eigenvalue weighted by atomic mass is 35.5. The third-order valence-electron chi connectivity index (χ3n) is 3.74. The summed E-state index contributed by atoms with van der Waals surface area (Å²) in [5.41, 5.74) is 10.0. The number of amides is 1. The molecule has 0 radical (unpaired) electrons. The number of hydrogen-bond donors (Lipinski definition) is 3. The van der Waals surface area contributed by atoms with Crippen LogP contribution >= 0.6 is 11.6 Å². The van der Waals surface area contributed by atoms with Crippen LogP contribution < -0.4 is 21.5 Å². The zero-order valence-corrected chi connectivity index (χ0v) is 16.7. The van der Waals surface area contributed by atoms with Gasteiger partial charge in [-0.15, -0.1) is 0 Å². The Bertz CT molecular complexity index is 1030. The van der Waals surface area contributed by atoms with Crippen LogP contribution in [0.15, 0.2) is 48.2 Å². The summed E-state index contributed by atoms with van der Waals surface area (Å²) in [4.78, 5) is 12.6. The summed E-state index contributed by atoms with van der Waals surface area (Å²) in [6.45, 7) is -0.219. The summed E-state index contributed by atoms with van der Waals surface area (Å²) in [6, 6.07) is 5.04. The molecular formula is C20H17ClF5N3O2. The zero-order valence-electron chi connectivity index (χ0n) is 16.0. The first kappa shape index (κ1) is 24.0. The average Bonchev–Trinajstić information content (AvgIpc) is 2.67. The second-order valence-electron chi connectivity index (χ2n) is 6.32. The molecule has 0 unspecified atom stereocenters. The summed E-state index contributed by atoms with van der Waals surface area (Å²) >= 11 is 5.83. The highest BCUT2D eigenvalue weighted by Crippen LogP contribution is 2.30. The second kappa shape index (κ2) is 9.69. The summed E-state index contributed by atoms with van der Waals surface area (Å²) in [5, 5.41) is 1.94. The molecule has 0 heterocycles. The van der Waals surface area contributed by atoms with Crippen LogP contribution in [0.5, 0.6) is 5.75 Å². The molecule has 0 saturated heterocycles. The highest BCUT2D eigenvalue weighted by molar-refractivity contribution is 6.34. The molecule has 2 aromatic rings. The van der Waals surface area contributed by atoms with Gasteiger partial charge in [-0.05, 0) is 43.3 Å². The van der Waals surface area contributed by atoms with Gasteiger partial charge in [-0.2, -0.15) is 13.2 Å². The standard InChI is InChI=1S/C20H17ClF5N3O2/c1-10(27)5-6-16(28)11-8-17(31-9-20(24,25)26)12(7-15(11)23)19(30)29-18-13(21)3-2-4-14(18)22/h2-8H,9,27-28H2,1H3,(H,29,30)/b10-5-,16-6-. The van der Waals surface area contributed by atoms with Crippen molar-refractivity contribution in [3.05, 3.63) is 76.0 Å². The lowest BCUT2D eigenvalue weighted by molar-refractivity contribution is -0.153. The maximum atomic E-state index is 14.6. The Morgan fingerprint density at radius 3 is 2.39 bits per heavy atom. The van der Waals surface area contributed by atoms with Crippen molar-refractivity contribution in [3.63, 3.8) is 0 Å². The quantitative estimate of drug-likeness (QED) is 0.418. The van der Waals surface area contributed by atoms with E-state index in [0.29, 0.717) is 11.8 Å². The Hall–Kier alpha value is -3.27. The number of rotatable bonds is 6. The molecule has 0 saturated carbocycles. The largest absolute Gasteiger partial charge is 0.483 e. The molecule has 0 aromatic heterocycles. The van der Waals surface area contributed by atoms with Crippen molar-refractivity contribution < 1.29 is 31.5 Å². The highest BCUT2D eigenvalue weighted by Gasteiger charge is 2.30. The number of para-hydroxylation sites is 1. The van der Waals surface area contributed by atoms with Gasteiger partial charge < -0.3 is 21.5 Å². The van der Waals surface area contributed by atoms with Crippen molar-refractivity contribution in [2.45, 2.75) is 13.1 Å². The zero-order chi connectivity index (χ0) is 23.3. The minimum Gasteiger partial charge on any atom is -0.483 e. The molecule has 2 aromatic carbocycles. The summed E-state index contributed by atoms with van der Waals surface area (Å²) in [6.07, 6.45) is -2.15. The first-order valence-corrected chi connectivity index (χ1v) is 8.95. The van der Waals surface area contributed by atoms with Gasteiger partial charge in [0.15, 0.2) is 6.61 Å². The number of benzene rings is 2. The van der Waals surface area contributed by atoms with E-state index in [2.05, 4.69) is 5.32 Å². The first-order valence-electron chi connectivity index (χ1n) is 8.57. The predicted octanol–water partition coefficient (Wildman–Crippen LogP) is 4.97. The number of allylic oxidation sites excluding steroid dienone is 3. The molecule has 2 rings (SSSR count). The molecule has 166 valence electrons. The van der Waals surface area contributed by atoms with E-state index in [9.17, 15) is 26.7 Å². The molecule has 0 aliphatic heterocycles. The Kier molecular flexibility index (Phi) is 7.50. The van der Waals surface area contributed by atoms with Crippen LogP contribution in [0.3, 0.4) is 0 Å². The lowest BCUT2D eigenvalue weighted by Crippen LogP contribution is -2.22. The number of nitrogens with one attached hydrogen (secondary N) is 1. The van der Waals surface area contributed by atoms with E-state index >= 15 is 0 Å². The Labute approximate surface area is 179 Å². The van der Waals surface area contributed by atoms with E-state index in [4.69, 9.17) is 27.8 Å². The number of halogens is 6. The number of anilines is 1. The van der Waals surface area contributed by atoms with Gasteiger partial charge in [-0.3, -0.25) is 4.79 Å². The number of alkyl halides is 3. The molecule has 0 aliphatic carbocycles. The normalized spacial score (nSPS) is 12.6. The lowest BCUT2D eigenvalue weighted by Gasteiger charge is -2.16.